The zero-order valence-corrected chi connectivity index (χ0v) is 10.3. The Hall–Kier alpha value is -2.16. The Kier molecular flexibility index (Phi) is 4.66. The maximum Gasteiger partial charge on any atom is 0.423 e. The zero-order chi connectivity index (χ0) is 15.5. The number of hydrogen-bond donors (Lipinski definition) is 2. The number of alkyl halides is 3. The van der Waals surface area contributed by atoms with E-state index in [2.05, 4.69) is 5.32 Å². The first-order chi connectivity index (χ1) is 9.16. The molecule has 0 radical (unpaired) electrons. The second-order valence-corrected chi connectivity index (χ2v) is 4.06. The van der Waals surface area contributed by atoms with Crippen LogP contribution < -0.4 is 5.32 Å². The molecule has 0 aliphatic rings. The predicted octanol–water partition coefficient (Wildman–Crippen LogP) is 2.18. The number of carbonyl (C=O) groups excluding carboxylic acids is 1. The minimum absolute atomic E-state index is 0.228. The van der Waals surface area contributed by atoms with Gasteiger partial charge in [-0.25, -0.2) is 0 Å². The van der Waals surface area contributed by atoms with Crippen LogP contribution in [0.15, 0.2) is 18.2 Å². The maximum atomic E-state index is 12.7. The average molecular weight is 292 g/mol. The van der Waals surface area contributed by atoms with Gasteiger partial charge in [0.2, 0.25) is 5.91 Å². The molecule has 20 heavy (non-hydrogen) atoms. The summed E-state index contributed by atoms with van der Waals surface area (Å²) in [5.41, 5.74) is -2.77. The Labute approximate surface area is 111 Å². The second-order valence-electron chi connectivity index (χ2n) is 4.06. The molecule has 0 aliphatic heterocycles. The van der Waals surface area contributed by atoms with Gasteiger partial charge >= 0.3 is 6.18 Å². The zero-order valence-electron chi connectivity index (χ0n) is 10.3. The summed E-state index contributed by atoms with van der Waals surface area (Å²) < 4.78 is 38.1. The highest BCUT2D eigenvalue weighted by molar-refractivity contribution is 5.92. The number of benzene rings is 1. The minimum Gasteiger partial charge on any atom is -0.396 e. The average Bonchev–Trinajstić information content (AvgIpc) is 2.36. The van der Waals surface area contributed by atoms with Gasteiger partial charge in [-0.3, -0.25) is 14.9 Å². The van der Waals surface area contributed by atoms with E-state index in [9.17, 15) is 28.1 Å². The number of aliphatic hydroxyl groups is 1. The van der Waals surface area contributed by atoms with E-state index in [1.54, 1.807) is 0 Å². The highest BCUT2D eigenvalue weighted by Gasteiger charge is 2.38. The number of halogens is 3. The van der Waals surface area contributed by atoms with Gasteiger partial charge in [0, 0.05) is 11.8 Å². The molecule has 2 N–H and O–H groups in total. The molecule has 0 saturated carbocycles. The van der Waals surface area contributed by atoms with E-state index in [0.717, 1.165) is 6.07 Å². The quantitative estimate of drug-likeness (QED) is 0.657. The number of hydrogen-bond acceptors (Lipinski definition) is 4. The fourth-order valence-electron chi connectivity index (χ4n) is 1.35. The van der Waals surface area contributed by atoms with Gasteiger partial charge in [0.15, 0.2) is 0 Å². The van der Waals surface area contributed by atoms with E-state index in [0.29, 0.717) is 12.1 Å². The fraction of sp³-hybridized carbons (Fsp3) is 0.364. The van der Waals surface area contributed by atoms with Gasteiger partial charge in [-0.05, 0) is 12.1 Å². The number of carbonyl (C=O) groups is 1. The molecule has 0 bridgehead atoms. The van der Waals surface area contributed by atoms with Crippen LogP contribution >= 0.6 is 0 Å². The summed E-state index contributed by atoms with van der Waals surface area (Å²) in [7, 11) is 0. The summed E-state index contributed by atoms with van der Waals surface area (Å²) >= 11 is 0. The van der Waals surface area contributed by atoms with Crippen molar-refractivity contribution in [1.29, 1.82) is 0 Å². The third kappa shape index (κ3) is 3.67. The van der Waals surface area contributed by atoms with Gasteiger partial charge in [0.25, 0.3) is 5.69 Å². The van der Waals surface area contributed by atoms with Crippen LogP contribution in [0.4, 0.5) is 24.5 Å². The molecule has 1 aromatic rings. The molecule has 0 aliphatic carbocycles. The van der Waals surface area contributed by atoms with E-state index in [1.807, 2.05) is 0 Å². The van der Waals surface area contributed by atoms with E-state index in [4.69, 9.17) is 5.11 Å². The van der Waals surface area contributed by atoms with Crippen molar-refractivity contribution in [3.8, 4) is 0 Å². The second kappa shape index (κ2) is 5.87. The van der Waals surface area contributed by atoms with Crippen molar-refractivity contribution in [1.82, 2.24) is 0 Å². The van der Waals surface area contributed by atoms with Crippen LogP contribution in [-0.4, -0.2) is 22.5 Å². The number of amides is 1. The standard InChI is InChI=1S/C11H11F3N2O4/c1-6(5-17)10(18)15-7-2-3-9(16(19)20)8(4-7)11(12,13)14/h2-4,6,17H,5H2,1H3,(H,15,18). The summed E-state index contributed by atoms with van der Waals surface area (Å²) in [5.74, 6) is -1.49. The van der Waals surface area contributed by atoms with E-state index in [-0.39, 0.29) is 5.69 Å². The lowest BCUT2D eigenvalue weighted by Crippen LogP contribution is -2.23. The number of nitrogens with zero attached hydrogens (tertiary/aromatic N) is 1. The fourth-order valence-corrected chi connectivity index (χ4v) is 1.35. The summed E-state index contributed by atoms with van der Waals surface area (Å²) in [6.07, 6.45) is -4.91. The summed E-state index contributed by atoms with van der Waals surface area (Å²) in [5, 5.41) is 21.4. The monoisotopic (exact) mass is 292 g/mol. The lowest BCUT2D eigenvalue weighted by atomic mass is 10.1. The number of nitrogens with one attached hydrogen (secondary N) is 1. The van der Waals surface area contributed by atoms with Crippen LogP contribution in [0.1, 0.15) is 12.5 Å². The largest absolute Gasteiger partial charge is 0.423 e. The van der Waals surface area contributed by atoms with Gasteiger partial charge in [-0.1, -0.05) is 6.92 Å². The Bertz CT molecular complexity index is 531. The van der Waals surface area contributed by atoms with E-state index < -0.39 is 40.8 Å². The first-order valence-electron chi connectivity index (χ1n) is 5.44. The Morgan fingerprint density at radius 2 is 2.10 bits per heavy atom. The molecule has 6 nitrogen and oxygen atoms in total. The number of anilines is 1. The van der Waals surface area contributed by atoms with Crippen LogP contribution in [0.3, 0.4) is 0 Å². The van der Waals surface area contributed by atoms with Crippen LogP contribution in [0.5, 0.6) is 0 Å². The molecular weight excluding hydrogens is 281 g/mol. The molecule has 1 rings (SSSR count). The van der Waals surface area contributed by atoms with Crippen molar-refractivity contribution >= 4 is 17.3 Å². The number of nitro groups is 1. The Balaban J connectivity index is 3.14. The molecule has 0 fully saturated rings. The minimum atomic E-state index is -4.91. The van der Waals surface area contributed by atoms with E-state index >= 15 is 0 Å². The molecule has 1 amide bonds. The first kappa shape index (κ1) is 15.9. The maximum absolute atomic E-state index is 12.7. The summed E-state index contributed by atoms with van der Waals surface area (Å²) in [4.78, 5) is 20.8. The van der Waals surface area contributed by atoms with Crippen LogP contribution in [0.2, 0.25) is 0 Å². The van der Waals surface area contributed by atoms with Gasteiger partial charge in [-0.15, -0.1) is 0 Å². The highest BCUT2D eigenvalue weighted by atomic mass is 19.4. The Morgan fingerprint density at radius 3 is 2.55 bits per heavy atom. The topological polar surface area (TPSA) is 92.5 Å². The van der Waals surface area contributed by atoms with Gasteiger partial charge in [0.1, 0.15) is 5.56 Å². The lowest BCUT2D eigenvalue weighted by molar-refractivity contribution is -0.388. The molecule has 1 unspecified atom stereocenters. The van der Waals surface area contributed by atoms with Gasteiger partial charge in [0.05, 0.1) is 17.4 Å². The molecule has 1 atom stereocenters. The SMILES string of the molecule is CC(CO)C(=O)Nc1ccc([N+](=O)[O-])c(C(F)(F)F)c1. The molecule has 110 valence electrons. The van der Waals surface area contributed by atoms with Crippen molar-refractivity contribution in [2.24, 2.45) is 5.92 Å². The van der Waals surface area contributed by atoms with Gasteiger partial charge < -0.3 is 10.4 Å². The molecular formula is C11H11F3N2O4. The number of aliphatic hydroxyl groups excluding tert-OH is 1. The Morgan fingerprint density at radius 1 is 1.50 bits per heavy atom. The van der Waals surface area contributed by atoms with Gasteiger partial charge in [-0.2, -0.15) is 13.2 Å². The van der Waals surface area contributed by atoms with Crippen LogP contribution in [-0.2, 0) is 11.0 Å². The number of rotatable bonds is 4. The predicted molar refractivity (Wildman–Crippen MR) is 63.0 cm³/mol. The lowest BCUT2D eigenvalue weighted by Gasteiger charge is -2.12. The summed E-state index contributed by atoms with van der Waals surface area (Å²) in [6.45, 7) is 0.913. The molecule has 0 saturated heterocycles. The molecule has 0 heterocycles. The van der Waals surface area contributed by atoms with Crippen LogP contribution in [0, 0.1) is 16.0 Å². The molecule has 0 spiro atoms. The van der Waals surface area contributed by atoms with Crippen molar-refractivity contribution in [2.45, 2.75) is 13.1 Å². The van der Waals surface area contributed by atoms with Crippen molar-refractivity contribution in [3.05, 3.63) is 33.9 Å². The first-order valence-corrected chi connectivity index (χ1v) is 5.44. The van der Waals surface area contributed by atoms with Crippen molar-refractivity contribution < 1.29 is 28.0 Å². The highest BCUT2D eigenvalue weighted by Crippen LogP contribution is 2.37. The van der Waals surface area contributed by atoms with Crippen molar-refractivity contribution in [3.63, 3.8) is 0 Å². The van der Waals surface area contributed by atoms with Crippen LogP contribution in [0.25, 0.3) is 0 Å². The summed E-state index contributed by atoms with van der Waals surface area (Å²) in [6, 6.07) is 2.15. The smallest absolute Gasteiger partial charge is 0.396 e. The normalized spacial score (nSPS) is 12.8. The number of nitro benzene ring substituents is 1. The molecule has 9 heteroatoms. The third-order valence-electron chi connectivity index (χ3n) is 2.49. The van der Waals surface area contributed by atoms with E-state index in [1.165, 1.54) is 6.92 Å². The van der Waals surface area contributed by atoms with Crippen molar-refractivity contribution in [2.75, 3.05) is 11.9 Å². The molecule has 1 aromatic carbocycles. The third-order valence-corrected chi connectivity index (χ3v) is 2.49. The molecule has 0 aromatic heterocycles.